The number of benzene rings is 3. The van der Waals surface area contributed by atoms with E-state index in [1.54, 1.807) is 24.3 Å². The Morgan fingerprint density at radius 3 is 2.50 bits per heavy atom. The Bertz CT molecular complexity index is 1360. The van der Waals surface area contributed by atoms with Crippen molar-refractivity contribution in [1.82, 2.24) is 4.57 Å². The monoisotopic (exact) mass is 449 g/mol. The average molecular weight is 449 g/mol. The summed E-state index contributed by atoms with van der Waals surface area (Å²) in [6.07, 6.45) is 0.740. The number of halogens is 2. The molecule has 3 aromatic carbocycles. The predicted octanol–water partition coefficient (Wildman–Crippen LogP) is 6.10. The highest BCUT2D eigenvalue weighted by molar-refractivity contribution is 7.99. The van der Waals surface area contributed by atoms with Crippen molar-refractivity contribution in [3.05, 3.63) is 89.6 Å². The van der Waals surface area contributed by atoms with Crippen molar-refractivity contribution >= 4 is 34.4 Å². The van der Waals surface area contributed by atoms with E-state index >= 15 is 0 Å². The highest BCUT2D eigenvalue weighted by atomic mass is 32.2. The molecule has 0 spiro atoms. The standard InChI is InChI=1S/C24H17F2N3O2S/c1-28(24(30)31)19-6-7-20-21(11-19)29(13-15-8-17(25)10-18(26)9-15)14-23(20)32-22-5-3-2-4-16(22)12-27/h2-11,14H,13H2,1H3,(H,30,31). The van der Waals surface area contributed by atoms with Crippen LogP contribution in [-0.4, -0.2) is 22.8 Å². The van der Waals surface area contributed by atoms with Gasteiger partial charge in [0.25, 0.3) is 0 Å². The molecular formula is C24H17F2N3O2S. The molecule has 160 valence electrons. The SMILES string of the molecule is CN(C(=O)O)c1ccc2c(Sc3ccccc3C#N)cn(Cc3cc(F)cc(F)c3)c2c1. The fourth-order valence-electron chi connectivity index (χ4n) is 3.44. The van der Waals surface area contributed by atoms with Crippen molar-refractivity contribution in [3.8, 4) is 6.07 Å². The van der Waals surface area contributed by atoms with Crippen LogP contribution < -0.4 is 4.90 Å². The third-order valence-corrected chi connectivity index (χ3v) is 6.13. The molecular weight excluding hydrogens is 432 g/mol. The van der Waals surface area contributed by atoms with Crippen molar-refractivity contribution in [2.75, 3.05) is 11.9 Å². The van der Waals surface area contributed by atoms with Gasteiger partial charge >= 0.3 is 6.09 Å². The Kier molecular flexibility index (Phi) is 5.84. The number of carbonyl (C=O) groups is 1. The zero-order valence-electron chi connectivity index (χ0n) is 16.9. The molecule has 0 aliphatic carbocycles. The molecule has 4 aromatic rings. The number of rotatable bonds is 5. The summed E-state index contributed by atoms with van der Waals surface area (Å²) in [7, 11) is 1.44. The van der Waals surface area contributed by atoms with Gasteiger partial charge in [-0.3, -0.25) is 4.90 Å². The van der Waals surface area contributed by atoms with Gasteiger partial charge in [0, 0.05) is 46.7 Å². The fraction of sp³-hybridized carbons (Fsp3) is 0.0833. The van der Waals surface area contributed by atoms with Gasteiger partial charge in [0.2, 0.25) is 0 Å². The molecule has 1 aromatic heterocycles. The highest BCUT2D eigenvalue weighted by Gasteiger charge is 2.16. The van der Waals surface area contributed by atoms with Gasteiger partial charge in [0.1, 0.15) is 17.7 Å². The molecule has 0 bridgehead atoms. The molecule has 0 saturated heterocycles. The summed E-state index contributed by atoms with van der Waals surface area (Å²) in [6, 6.07) is 18.0. The highest BCUT2D eigenvalue weighted by Crippen LogP contribution is 2.38. The first-order valence-corrected chi connectivity index (χ1v) is 10.4. The zero-order chi connectivity index (χ0) is 22.8. The summed E-state index contributed by atoms with van der Waals surface area (Å²) >= 11 is 1.41. The van der Waals surface area contributed by atoms with Crippen molar-refractivity contribution in [3.63, 3.8) is 0 Å². The Morgan fingerprint density at radius 2 is 1.81 bits per heavy atom. The number of nitriles is 1. The molecule has 8 heteroatoms. The number of hydrogen-bond acceptors (Lipinski definition) is 3. The predicted molar refractivity (Wildman–Crippen MR) is 119 cm³/mol. The van der Waals surface area contributed by atoms with Gasteiger partial charge in [0.15, 0.2) is 0 Å². The topological polar surface area (TPSA) is 69.3 Å². The number of hydrogen-bond donors (Lipinski definition) is 1. The van der Waals surface area contributed by atoms with Crippen LogP contribution in [0.15, 0.2) is 76.7 Å². The van der Waals surface area contributed by atoms with Crippen LogP contribution in [0.3, 0.4) is 0 Å². The third-order valence-electron chi connectivity index (χ3n) is 5.01. The fourth-order valence-corrected chi connectivity index (χ4v) is 4.51. The van der Waals surface area contributed by atoms with Crippen LogP contribution >= 0.6 is 11.8 Å². The van der Waals surface area contributed by atoms with E-state index in [0.29, 0.717) is 22.3 Å². The molecule has 4 rings (SSSR count). The second-order valence-electron chi connectivity index (χ2n) is 7.15. The van der Waals surface area contributed by atoms with Gasteiger partial charge in [-0.05, 0) is 48.0 Å². The van der Waals surface area contributed by atoms with E-state index in [1.165, 1.54) is 30.9 Å². The first kappa shape index (κ1) is 21.4. The lowest BCUT2D eigenvalue weighted by atomic mass is 10.2. The summed E-state index contributed by atoms with van der Waals surface area (Å²) < 4.78 is 29.3. The molecule has 32 heavy (non-hydrogen) atoms. The molecule has 1 amide bonds. The number of anilines is 1. The molecule has 0 saturated carbocycles. The summed E-state index contributed by atoms with van der Waals surface area (Å²) in [5.41, 5.74) is 2.14. The smallest absolute Gasteiger partial charge is 0.411 e. The molecule has 0 atom stereocenters. The van der Waals surface area contributed by atoms with Gasteiger partial charge in [-0.15, -0.1) is 0 Å². The summed E-state index contributed by atoms with van der Waals surface area (Å²) in [5.74, 6) is -1.33. The number of amides is 1. The van der Waals surface area contributed by atoms with E-state index in [1.807, 2.05) is 29.0 Å². The molecule has 0 aliphatic heterocycles. The van der Waals surface area contributed by atoms with E-state index in [4.69, 9.17) is 0 Å². The Balaban J connectivity index is 1.84. The lowest BCUT2D eigenvalue weighted by Crippen LogP contribution is -2.23. The minimum absolute atomic E-state index is 0.186. The normalized spacial score (nSPS) is 10.8. The van der Waals surface area contributed by atoms with Crippen molar-refractivity contribution in [1.29, 1.82) is 5.26 Å². The lowest BCUT2D eigenvalue weighted by molar-refractivity contribution is 0.203. The number of fused-ring (bicyclic) bond motifs is 1. The summed E-state index contributed by atoms with van der Waals surface area (Å²) in [5, 5.41) is 19.6. The molecule has 0 fully saturated rings. The summed E-state index contributed by atoms with van der Waals surface area (Å²) in [6.45, 7) is 0.186. The minimum atomic E-state index is -1.10. The van der Waals surface area contributed by atoms with E-state index in [9.17, 15) is 23.9 Å². The number of nitrogens with zero attached hydrogens (tertiary/aromatic N) is 3. The van der Waals surface area contributed by atoms with Crippen LogP contribution in [0.2, 0.25) is 0 Å². The van der Waals surface area contributed by atoms with Crippen molar-refractivity contribution in [2.45, 2.75) is 16.3 Å². The zero-order valence-corrected chi connectivity index (χ0v) is 17.7. The lowest BCUT2D eigenvalue weighted by Gasteiger charge is -2.14. The van der Waals surface area contributed by atoms with Crippen LogP contribution in [0.4, 0.5) is 19.3 Å². The Morgan fingerprint density at radius 1 is 1.09 bits per heavy atom. The van der Waals surface area contributed by atoms with E-state index in [0.717, 1.165) is 26.1 Å². The van der Waals surface area contributed by atoms with Crippen LogP contribution in [0.5, 0.6) is 0 Å². The van der Waals surface area contributed by atoms with Crippen LogP contribution in [0, 0.1) is 23.0 Å². The van der Waals surface area contributed by atoms with Gasteiger partial charge in [-0.25, -0.2) is 13.6 Å². The molecule has 0 aliphatic rings. The maximum Gasteiger partial charge on any atom is 0.411 e. The second kappa shape index (κ2) is 8.73. The van der Waals surface area contributed by atoms with Crippen LogP contribution in [0.25, 0.3) is 10.9 Å². The molecule has 1 heterocycles. The van der Waals surface area contributed by atoms with Gasteiger partial charge in [0.05, 0.1) is 11.1 Å². The largest absolute Gasteiger partial charge is 0.465 e. The third kappa shape index (κ3) is 4.29. The van der Waals surface area contributed by atoms with E-state index in [-0.39, 0.29) is 6.54 Å². The molecule has 5 nitrogen and oxygen atoms in total. The molecule has 0 unspecified atom stereocenters. The van der Waals surface area contributed by atoms with Crippen molar-refractivity contribution < 1.29 is 18.7 Å². The van der Waals surface area contributed by atoms with Gasteiger partial charge in [-0.2, -0.15) is 5.26 Å². The Hall–Kier alpha value is -3.83. The minimum Gasteiger partial charge on any atom is -0.465 e. The molecule has 0 radical (unpaired) electrons. The van der Waals surface area contributed by atoms with Gasteiger partial charge < -0.3 is 9.67 Å². The van der Waals surface area contributed by atoms with Crippen LogP contribution in [0.1, 0.15) is 11.1 Å². The van der Waals surface area contributed by atoms with E-state index < -0.39 is 17.7 Å². The maximum absolute atomic E-state index is 13.7. The molecule has 1 N–H and O–H groups in total. The first-order chi connectivity index (χ1) is 15.4. The maximum atomic E-state index is 13.7. The second-order valence-corrected chi connectivity index (χ2v) is 8.24. The van der Waals surface area contributed by atoms with Crippen LogP contribution in [-0.2, 0) is 6.54 Å². The number of aromatic nitrogens is 1. The summed E-state index contributed by atoms with van der Waals surface area (Å²) in [4.78, 5) is 14.1. The van der Waals surface area contributed by atoms with Gasteiger partial charge in [-0.1, -0.05) is 23.9 Å². The first-order valence-electron chi connectivity index (χ1n) is 9.57. The van der Waals surface area contributed by atoms with E-state index in [2.05, 4.69) is 6.07 Å². The average Bonchev–Trinajstić information content (AvgIpc) is 3.09. The quantitative estimate of drug-likeness (QED) is 0.399. The number of carboxylic acid groups (broad SMARTS) is 1. The van der Waals surface area contributed by atoms with Crippen molar-refractivity contribution in [2.24, 2.45) is 0 Å². The Labute approximate surface area is 187 Å².